The maximum Gasteiger partial charge on any atom is 0.342 e. The number of nitrogens with two attached hydrogens (primary N) is 1. The van der Waals surface area contributed by atoms with Gasteiger partial charge in [0.25, 0.3) is 0 Å². The molecule has 1 aromatic carbocycles. The predicted octanol–water partition coefficient (Wildman–Crippen LogP) is 2.43. The standard InChI is InChI=1S/C19H20FN6O6P/c1-11(19(27)28)25-33(29,32-12-5-3-2-4-6-12)10-30-14-7-13(20)18(31-14)26-9-24-15-16(21)22-8-23-17(15)26/h2-9,11,14,18H,10H2,1H3,(H,25,29)(H,27,28)(H2,21,22,23)/t11-,14+,18+,33?/m0/s1. The maximum absolute atomic E-state index is 14.7. The fourth-order valence-electron chi connectivity index (χ4n) is 3.03. The van der Waals surface area contributed by atoms with Gasteiger partial charge >= 0.3 is 13.5 Å². The molecule has 0 aliphatic carbocycles. The molecule has 0 fully saturated rings. The van der Waals surface area contributed by atoms with E-state index in [1.165, 1.54) is 24.1 Å². The summed E-state index contributed by atoms with van der Waals surface area (Å²) in [5.74, 6) is -1.56. The van der Waals surface area contributed by atoms with Crippen LogP contribution in [0.25, 0.3) is 11.2 Å². The van der Waals surface area contributed by atoms with E-state index >= 15 is 0 Å². The number of hydrogen-bond acceptors (Lipinski definition) is 9. The molecular formula is C19H20FN6O6P. The average molecular weight is 478 g/mol. The number of fused-ring (bicyclic) bond motifs is 1. The second kappa shape index (κ2) is 9.24. The SMILES string of the molecule is C[C@H](NP(=O)(CO[C@H]1C=C(F)[C@H](n2cnc3c(N)ncnc32)O1)Oc1ccccc1)C(=O)O. The van der Waals surface area contributed by atoms with E-state index in [0.717, 1.165) is 6.08 Å². The number of aliphatic carboxylic acids is 1. The summed E-state index contributed by atoms with van der Waals surface area (Å²) in [6, 6.07) is 6.97. The molecule has 0 radical (unpaired) electrons. The zero-order chi connectivity index (χ0) is 23.6. The van der Waals surface area contributed by atoms with E-state index in [0.29, 0.717) is 0 Å². The van der Waals surface area contributed by atoms with E-state index in [2.05, 4.69) is 20.0 Å². The van der Waals surface area contributed by atoms with Crippen molar-refractivity contribution in [2.24, 2.45) is 0 Å². The highest BCUT2D eigenvalue weighted by molar-refractivity contribution is 7.57. The summed E-state index contributed by atoms with van der Waals surface area (Å²) in [4.78, 5) is 23.2. The van der Waals surface area contributed by atoms with Gasteiger partial charge in [-0.1, -0.05) is 18.2 Å². The molecule has 3 aromatic rings. The summed E-state index contributed by atoms with van der Waals surface area (Å²) < 4.78 is 45.9. The van der Waals surface area contributed by atoms with Crippen LogP contribution in [0.4, 0.5) is 10.2 Å². The molecule has 1 unspecified atom stereocenters. The number of rotatable bonds is 9. The fourth-order valence-corrected chi connectivity index (χ4v) is 4.72. The molecule has 0 saturated heterocycles. The van der Waals surface area contributed by atoms with Crippen LogP contribution in [0.3, 0.4) is 0 Å². The lowest BCUT2D eigenvalue weighted by Gasteiger charge is -2.24. The Hall–Kier alpha value is -3.38. The van der Waals surface area contributed by atoms with Crippen molar-refractivity contribution in [1.29, 1.82) is 0 Å². The molecule has 12 nitrogen and oxygen atoms in total. The van der Waals surface area contributed by atoms with Gasteiger partial charge in [-0.2, -0.15) is 0 Å². The Balaban J connectivity index is 1.48. The van der Waals surface area contributed by atoms with Crippen molar-refractivity contribution >= 4 is 30.5 Å². The largest absolute Gasteiger partial charge is 0.480 e. The Labute approximate surface area is 186 Å². The van der Waals surface area contributed by atoms with Crippen molar-refractivity contribution in [1.82, 2.24) is 24.6 Å². The Morgan fingerprint density at radius 3 is 2.85 bits per heavy atom. The minimum Gasteiger partial charge on any atom is -0.480 e. The van der Waals surface area contributed by atoms with Crippen molar-refractivity contribution < 1.29 is 32.9 Å². The highest BCUT2D eigenvalue weighted by atomic mass is 31.2. The molecule has 174 valence electrons. The Kier molecular flexibility index (Phi) is 6.38. The van der Waals surface area contributed by atoms with Crippen LogP contribution < -0.4 is 15.3 Å². The number of carbonyl (C=O) groups is 1. The third-order valence-corrected chi connectivity index (χ3v) is 6.37. The molecule has 33 heavy (non-hydrogen) atoms. The summed E-state index contributed by atoms with van der Waals surface area (Å²) in [5.41, 5.74) is 6.29. The van der Waals surface area contributed by atoms with E-state index < -0.39 is 44.2 Å². The van der Waals surface area contributed by atoms with E-state index in [1.54, 1.807) is 30.3 Å². The molecule has 14 heteroatoms. The molecule has 4 atom stereocenters. The van der Waals surface area contributed by atoms with Crippen LogP contribution in [0, 0.1) is 0 Å². The fraction of sp³-hybridized carbons (Fsp3) is 0.263. The van der Waals surface area contributed by atoms with Crippen LogP contribution in [0.2, 0.25) is 0 Å². The lowest BCUT2D eigenvalue weighted by Crippen LogP contribution is -2.34. The van der Waals surface area contributed by atoms with Gasteiger partial charge < -0.3 is 24.8 Å². The Morgan fingerprint density at radius 1 is 1.36 bits per heavy atom. The zero-order valence-corrected chi connectivity index (χ0v) is 18.1. The average Bonchev–Trinajstić information content (AvgIpc) is 3.37. The van der Waals surface area contributed by atoms with Crippen LogP contribution in [0.1, 0.15) is 13.2 Å². The van der Waals surface area contributed by atoms with E-state index in [1.807, 2.05) is 0 Å². The van der Waals surface area contributed by atoms with Crippen LogP contribution in [-0.4, -0.2) is 49.3 Å². The number of carboxylic acids is 1. The maximum atomic E-state index is 14.7. The molecular weight excluding hydrogens is 458 g/mol. The number of ether oxygens (including phenoxy) is 2. The summed E-state index contributed by atoms with van der Waals surface area (Å²) in [5, 5.41) is 11.6. The predicted molar refractivity (Wildman–Crippen MR) is 114 cm³/mol. The van der Waals surface area contributed by atoms with Gasteiger partial charge in [0.15, 0.2) is 36.2 Å². The molecule has 2 aromatic heterocycles. The van der Waals surface area contributed by atoms with Gasteiger partial charge in [0, 0.05) is 6.08 Å². The summed E-state index contributed by atoms with van der Waals surface area (Å²) >= 11 is 0. The van der Waals surface area contributed by atoms with Crippen LogP contribution >= 0.6 is 7.52 Å². The highest BCUT2D eigenvalue weighted by Crippen LogP contribution is 2.45. The monoisotopic (exact) mass is 478 g/mol. The molecule has 1 aliphatic heterocycles. The lowest BCUT2D eigenvalue weighted by atomic mass is 10.3. The number of para-hydroxylation sites is 1. The van der Waals surface area contributed by atoms with Gasteiger partial charge in [0.2, 0.25) is 0 Å². The van der Waals surface area contributed by atoms with Crippen LogP contribution in [0.5, 0.6) is 5.75 Å². The lowest BCUT2D eigenvalue weighted by molar-refractivity contribution is -0.138. The Bertz CT molecular complexity index is 1240. The van der Waals surface area contributed by atoms with Crippen molar-refractivity contribution in [3.8, 4) is 5.75 Å². The van der Waals surface area contributed by atoms with Crippen molar-refractivity contribution in [3.63, 3.8) is 0 Å². The number of nitrogens with one attached hydrogen (secondary N) is 1. The number of hydrogen-bond donors (Lipinski definition) is 3. The van der Waals surface area contributed by atoms with Crippen molar-refractivity contribution in [2.75, 3.05) is 12.1 Å². The number of carboxylic acid groups (broad SMARTS) is 1. The molecule has 0 saturated carbocycles. The molecule has 4 N–H and O–H groups in total. The van der Waals surface area contributed by atoms with Gasteiger partial charge in [0.1, 0.15) is 23.6 Å². The smallest absolute Gasteiger partial charge is 0.342 e. The van der Waals surface area contributed by atoms with Gasteiger partial charge in [-0.15, -0.1) is 0 Å². The second-order valence-electron chi connectivity index (χ2n) is 7.05. The first-order chi connectivity index (χ1) is 15.8. The van der Waals surface area contributed by atoms with Crippen LogP contribution in [-0.2, 0) is 18.8 Å². The van der Waals surface area contributed by atoms with E-state index in [4.69, 9.17) is 19.7 Å². The zero-order valence-electron chi connectivity index (χ0n) is 17.2. The summed E-state index contributed by atoms with van der Waals surface area (Å²) in [7, 11) is -3.89. The number of benzene rings is 1. The highest BCUT2D eigenvalue weighted by Gasteiger charge is 2.35. The number of anilines is 1. The number of nitrogens with zero attached hydrogens (tertiary/aromatic N) is 4. The van der Waals surface area contributed by atoms with Crippen molar-refractivity contribution in [2.45, 2.75) is 25.5 Å². The van der Waals surface area contributed by atoms with Crippen LogP contribution in [0.15, 0.2) is 54.9 Å². The molecule has 3 heterocycles. The van der Waals surface area contributed by atoms with E-state index in [-0.39, 0.29) is 22.7 Å². The molecule has 0 bridgehead atoms. The topological polar surface area (TPSA) is 164 Å². The third kappa shape index (κ3) is 5.01. The first-order valence-corrected chi connectivity index (χ1v) is 11.5. The molecule has 1 aliphatic rings. The summed E-state index contributed by atoms with van der Waals surface area (Å²) in [6.45, 7) is 1.31. The number of halogens is 1. The minimum absolute atomic E-state index is 0.131. The van der Waals surface area contributed by atoms with Gasteiger partial charge in [-0.25, -0.2) is 24.4 Å². The number of nitrogen functional groups attached to an aromatic ring is 1. The van der Waals surface area contributed by atoms with E-state index in [9.17, 15) is 18.9 Å². The first kappa shape index (κ1) is 22.8. The second-order valence-corrected chi connectivity index (χ2v) is 9.10. The molecule has 0 amide bonds. The first-order valence-electron chi connectivity index (χ1n) is 9.67. The molecule has 0 spiro atoms. The van der Waals surface area contributed by atoms with Gasteiger partial charge in [-0.3, -0.25) is 13.9 Å². The third-order valence-electron chi connectivity index (χ3n) is 4.60. The minimum atomic E-state index is -3.89. The van der Waals surface area contributed by atoms with Gasteiger partial charge in [0.05, 0.1) is 6.33 Å². The van der Waals surface area contributed by atoms with Gasteiger partial charge in [-0.05, 0) is 19.1 Å². The molecule has 4 rings (SSSR count). The number of imidazole rings is 1. The number of aromatic nitrogens is 4. The summed E-state index contributed by atoms with van der Waals surface area (Å²) in [6.07, 6.45) is 0.494. The normalized spacial score (nSPS) is 20.8. The quantitative estimate of drug-likeness (QED) is 0.387. The van der Waals surface area contributed by atoms with Crippen molar-refractivity contribution in [3.05, 3.63) is 54.9 Å². The Morgan fingerprint density at radius 2 is 2.12 bits per heavy atom.